The zero-order valence-electron chi connectivity index (χ0n) is 31.5. The highest BCUT2D eigenvalue weighted by atomic mass is 16.3. The van der Waals surface area contributed by atoms with Crippen LogP contribution in [0.5, 0.6) is 0 Å². The van der Waals surface area contributed by atoms with Gasteiger partial charge in [0.05, 0.1) is 27.7 Å². The summed E-state index contributed by atoms with van der Waals surface area (Å²) in [4.78, 5) is 15.0. The van der Waals surface area contributed by atoms with Crippen LogP contribution < -0.4 is 27.3 Å². The zero-order valence-corrected chi connectivity index (χ0v) is 31.5. The van der Waals surface area contributed by atoms with Gasteiger partial charge in [-0.05, 0) is 41.5 Å². The molecule has 55 heavy (non-hydrogen) atoms. The Kier molecular flexibility index (Phi) is 7.70. The van der Waals surface area contributed by atoms with Crippen LogP contribution in [0.2, 0.25) is 0 Å². The number of nitrogens with zero attached hydrogens (tertiary/aromatic N) is 4. The number of aromatic nitrogens is 4. The van der Waals surface area contributed by atoms with Gasteiger partial charge in [0.25, 0.3) is 0 Å². The van der Waals surface area contributed by atoms with E-state index in [-0.39, 0.29) is 0 Å². The molecule has 0 aliphatic heterocycles. The van der Waals surface area contributed by atoms with Gasteiger partial charge in [-0.15, -0.1) is 16.4 Å². The van der Waals surface area contributed by atoms with Crippen molar-refractivity contribution in [3.63, 3.8) is 0 Å². The summed E-state index contributed by atoms with van der Waals surface area (Å²) in [6.07, 6.45) is 0. The molecule has 0 atom stereocenters. The van der Waals surface area contributed by atoms with Crippen molar-refractivity contribution in [3.05, 3.63) is 140 Å². The Morgan fingerprint density at radius 1 is 0.418 bits per heavy atom. The first-order valence-corrected chi connectivity index (χ1v) is 18.8. The highest BCUT2D eigenvalue weighted by molar-refractivity contribution is 6.69. The van der Waals surface area contributed by atoms with Crippen molar-refractivity contribution in [3.8, 4) is 51.0 Å². The summed E-state index contributed by atoms with van der Waals surface area (Å²) in [6.45, 7) is 0. The molecule has 10 rings (SSSR count). The zero-order chi connectivity index (χ0) is 37.4. The third-order valence-corrected chi connectivity index (χ3v) is 11.6. The summed E-state index contributed by atoms with van der Waals surface area (Å²) in [5.41, 5.74) is 16.9. The lowest BCUT2D eigenvalue weighted by molar-refractivity contribution is 0.669. The van der Waals surface area contributed by atoms with Crippen molar-refractivity contribution < 1.29 is 4.42 Å². The number of rotatable bonds is 5. The Labute approximate surface area is 323 Å². The average molecular weight is 700 g/mol. The van der Waals surface area contributed by atoms with E-state index in [0.29, 0.717) is 17.5 Å². The minimum absolute atomic E-state index is 0.565. The summed E-state index contributed by atoms with van der Waals surface area (Å²) in [5.74, 6) is 1.79. The van der Waals surface area contributed by atoms with Crippen LogP contribution in [-0.2, 0) is 0 Å². The highest BCUT2D eigenvalue weighted by Crippen LogP contribution is 2.42. The number of benzene rings is 7. The molecule has 0 saturated heterocycles. The number of furan rings is 1. The maximum atomic E-state index is 6.84. The molecule has 0 N–H and O–H groups in total. The van der Waals surface area contributed by atoms with E-state index in [1.54, 1.807) is 0 Å². The molecule has 3 heterocycles. The fourth-order valence-electron chi connectivity index (χ4n) is 8.51. The van der Waals surface area contributed by atoms with Crippen LogP contribution in [0, 0.1) is 0 Å². The Morgan fingerprint density at radius 2 is 0.945 bits per heavy atom. The van der Waals surface area contributed by atoms with E-state index in [1.807, 2.05) is 66.7 Å². The molecule has 0 saturated carbocycles. The Bertz CT molecular complexity index is 3070. The third kappa shape index (κ3) is 5.12. The molecule has 0 unspecified atom stereocenters. The quantitative estimate of drug-likeness (QED) is 0.260. The molecule has 0 aliphatic carbocycles. The van der Waals surface area contributed by atoms with Crippen molar-refractivity contribution in [1.82, 2.24) is 19.5 Å². The van der Waals surface area contributed by atoms with E-state index in [0.717, 1.165) is 55.3 Å². The standard InChI is InChI=1S/C45H33B5N4O/c46-37-36(38(47)40(49)41(50)39(37)48)27-17-10-21-31-34(27)26-16-7-8-20-30(26)54(31)32-22-11-23-33-35(32)28-18-9-19-29(42(28)55-33)45-52-43(24-12-3-1-4-13-24)51-44(53-45)25-14-5-2-6-15-25/h1-23H,46-50H2. The molecule has 0 aliphatic rings. The van der Waals surface area contributed by atoms with Crippen molar-refractivity contribution in [1.29, 1.82) is 0 Å². The average Bonchev–Trinajstić information content (AvgIpc) is 3.79. The van der Waals surface area contributed by atoms with Crippen LogP contribution in [0.4, 0.5) is 0 Å². The van der Waals surface area contributed by atoms with Gasteiger partial charge in [-0.1, -0.05) is 120 Å². The smallest absolute Gasteiger partial charge is 0.167 e. The molecule has 0 fully saturated rings. The van der Waals surface area contributed by atoms with Gasteiger partial charge in [0.15, 0.2) is 17.5 Å². The highest BCUT2D eigenvalue weighted by Gasteiger charge is 2.23. The van der Waals surface area contributed by atoms with Crippen molar-refractivity contribution in [2.45, 2.75) is 0 Å². The first-order valence-electron chi connectivity index (χ1n) is 18.8. The molecule has 0 spiro atoms. The molecular weight excluding hydrogens is 667 g/mol. The summed E-state index contributed by atoms with van der Waals surface area (Å²) in [6, 6.07) is 48.3. The van der Waals surface area contributed by atoms with E-state index in [9.17, 15) is 0 Å². The number of hydrogen-bond donors (Lipinski definition) is 0. The van der Waals surface area contributed by atoms with Crippen LogP contribution in [0.15, 0.2) is 144 Å². The largest absolute Gasteiger partial charge is 0.455 e. The Balaban J connectivity index is 1.24. The summed E-state index contributed by atoms with van der Waals surface area (Å²) < 4.78 is 9.26. The first-order chi connectivity index (χ1) is 26.9. The van der Waals surface area contributed by atoms with Crippen LogP contribution in [0.1, 0.15) is 0 Å². The molecule has 7 aromatic carbocycles. The van der Waals surface area contributed by atoms with E-state index in [4.69, 9.17) is 19.4 Å². The minimum Gasteiger partial charge on any atom is -0.455 e. The van der Waals surface area contributed by atoms with Crippen LogP contribution in [0.3, 0.4) is 0 Å². The number of fused-ring (bicyclic) bond motifs is 6. The monoisotopic (exact) mass is 700 g/mol. The molecule has 254 valence electrons. The summed E-state index contributed by atoms with van der Waals surface area (Å²) in [5, 5.41) is 4.52. The summed E-state index contributed by atoms with van der Waals surface area (Å²) in [7, 11) is 11.3. The van der Waals surface area contributed by atoms with E-state index in [2.05, 4.69) is 117 Å². The van der Waals surface area contributed by atoms with Gasteiger partial charge in [0.2, 0.25) is 0 Å². The van der Waals surface area contributed by atoms with E-state index in [1.165, 1.54) is 49.2 Å². The van der Waals surface area contributed by atoms with Crippen LogP contribution >= 0.6 is 0 Å². The van der Waals surface area contributed by atoms with Gasteiger partial charge >= 0.3 is 0 Å². The lowest BCUT2D eigenvalue weighted by atomic mass is 9.59. The Hall–Kier alpha value is -6.53. The molecule has 10 aromatic rings. The van der Waals surface area contributed by atoms with E-state index < -0.39 is 0 Å². The lowest BCUT2D eigenvalue weighted by Gasteiger charge is -2.21. The lowest BCUT2D eigenvalue weighted by Crippen LogP contribution is -2.55. The second-order valence-corrected chi connectivity index (χ2v) is 14.5. The van der Waals surface area contributed by atoms with Gasteiger partial charge in [-0.2, -0.15) is 0 Å². The molecule has 0 radical (unpaired) electrons. The van der Waals surface area contributed by atoms with Gasteiger partial charge in [-0.3, -0.25) is 0 Å². The van der Waals surface area contributed by atoms with E-state index >= 15 is 0 Å². The molecule has 3 aromatic heterocycles. The molecule has 5 nitrogen and oxygen atoms in total. The number of para-hydroxylation sites is 2. The van der Waals surface area contributed by atoms with Crippen LogP contribution in [-0.4, -0.2) is 58.8 Å². The predicted molar refractivity (Wildman–Crippen MR) is 244 cm³/mol. The SMILES string of the molecule is Bc1c(B)c(B)c(-c2cccc3c2c2ccccc2n3-c2cccc3oc4c(-c5nc(-c6ccccc6)nc(-c6ccccc6)n5)cccc4c23)c(B)c1B. The fraction of sp³-hybridized carbons (Fsp3) is 0. The number of hydrogen-bond acceptors (Lipinski definition) is 4. The predicted octanol–water partition coefficient (Wildman–Crippen LogP) is 2.83. The Morgan fingerprint density at radius 3 is 1.64 bits per heavy atom. The second kappa shape index (κ2) is 12.8. The molecule has 0 amide bonds. The fourth-order valence-corrected chi connectivity index (χ4v) is 8.51. The molecular formula is C45H33B5N4O. The topological polar surface area (TPSA) is 56.7 Å². The van der Waals surface area contributed by atoms with Crippen molar-refractivity contribution >= 4 is 110 Å². The van der Waals surface area contributed by atoms with Gasteiger partial charge in [0, 0.05) is 27.3 Å². The second-order valence-electron chi connectivity index (χ2n) is 14.5. The first kappa shape index (κ1) is 33.1. The van der Waals surface area contributed by atoms with Gasteiger partial charge in [0.1, 0.15) is 50.4 Å². The molecule has 0 bridgehead atoms. The van der Waals surface area contributed by atoms with Crippen molar-refractivity contribution in [2.75, 3.05) is 0 Å². The maximum Gasteiger partial charge on any atom is 0.167 e. The van der Waals surface area contributed by atoms with Gasteiger partial charge in [-0.25, -0.2) is 15.0 Å². The van der Waals surface area contributed by atoms with Gasteiger partial charge < -0.3 is 8.98 Å². The maximum absolute atomic E-state index is 6.84. The normalized spacial score (nSPS) is 11.6. The molecule has 10 heteroatoms. The minimum atomic E-state index is 0.565. The third-order valence-electron chi connectivity index (χ3n) is 11.6. The van der Waals surface area contributed by atoms with Crippen molar-refractivity contribution in [2.24, 2.45) is 0 Å². The van der Waals surface area contributed by atoms with Crippen LogP contribution in [0.25, 0.3) is 94.7 Å². The summed E-state index contributed by atoms with van der Waals surface area (Å²) >= 11 is 0.